The van der Waals surface area contributed by atoms with Crippen LogP contribution in [0.3, 0.4) is 0 Å². The lowest BCUT2D eigenvalue weighted by Crippen LogP contribution is -2.28. The van der Waals surface area contributed by atoms with Gasteiger partial charge in [0.15, 0.2) is 0 Å². The van der Waals surface area contributed by atoms with Crippen LogP contribution in [0.4, 0.5) is 22.7 Å². The molecule has 0 amide bonds. The minimum atomic E-state index is -0.358. The fourth-order valence-corrected chi connectivity index (χ4v) is 21.9. The van der Waals surface area contributed by atoms with Crippen molar-refractivity contribution < 1.29 is 0 Å². The van der Waals surface area contributed by atoms with Crippen molar-refractivity contribution in [1.29, 1.82) is 0 Å². The van der Waals surface area contributed by atoms with Crippen molar-refractivity contribution in [2.45, 2.75) is 29.1 Å². The molecule has 608 valence electrons. The predicted octanol–water partition coefficient (Wildman–Crippen LogP) is 32.1. The highest BCUT2D eigenvalue weighted by molar-refractivity contribution is 5.99. The highest BCUT2D eigenvalue weighted by Gasteiger charge is 2.54. The standard InChI is InChI=1S/C38H26.C36H24.C31H23N.C22H17N/c1-2-10-28(11-3-1)29-21-18-26(19-22-29)24-27-20-23-33-32-14-6-9-17-36(32)38(37(33)25-27)34-15-7-4-12-30(34)31-13-5-8-16-35(31)38;1-2-13-27-25(10-1)11-9-12-26(27)22-24-20-21-31-30-16-5-8-19-34(30)36(35(31)23-24)32-17-6-3-14-28(32)29-15-4-7-18-33(29)36;1-4-12-23(13-5-1)31(24-14-6-2-7-15-24)29-19-11-10-18-27(29)28-21-20-26(22-30(28)31)32-25-16-8-3-9-17-25;1-2-7-17(8-3-1)18-13-15-20(16-14-18)23-22-12-6-10-19-9-4-5-11-21(19)22/h1-23,25H,24H2;1-21,23H,22H2;1-22,32H;1-16,23H. The van der Waals surface area contributed by atoms with Crippen molar-refractivity contribution in [3.05, 3.63) is 599 Å². The van der Waals surface area contributed by atoms with Crippen LogP contribution in [0.1, 0.15) is 89.0 Å². The van der Waals surface area contributed by atoms with E-state index in [0.29, 0.717) is 0 Å². The number of hydrogen-bond donors (Lipinski definition) is 2. The smallest absolute Gasteiger partial charge is 0.0725 e. The Kier molecular flexibility index (Phi) is 19.8. The predicted molar refractivity (Wildman–Crippen MR) is 539 cm³/mol. The van der Waals surface area contributed by atoms with Crippen LogP contribution in [0.5, 0.6) is 0 Å². The summed E-state index contributed by atoms with van der Waals surface area (Å²) in [4.78, 5) is 0. The second-order valence-corrected chi connectivity index (χ2v) is 34.5. The molecule has 0 fully saturated rings. The van der Waals surface area contributed by atoms with E-state index in [9.17, 15) is 0 Å². The van der Waals surface area contributed by atoms with Gasteiger partial charge >= 0.3 is 0 Å². The van der Waals surface area contributed by atoms with Gasteiger partial charge in [-0.05, 0) is 238 Å². The number of rotatable bonds is 12. The molecular formula is C127H90N2. The molecule has 0 unspecified atom stereocenters. The Balaban J connectivity index is 0.0000000996. The summed E-state index contributed by atoms with van der Waals surface area (Å²) >= 11 is 0. The number of nitrogens with one attached hydrogen (secondary N) is 2. The molecule has 0 radical (unpaired) electrons. The third-order valence-corrected chi connectivity index (χ3v) is 27.4. The Morgan fingerprint density at radius 1 is 0.163 bits per heavy atom. The zero-order valence-corrected chi connectivity index (χ0v) is 71.4. The second-order valence-electron chi connectivity index (χ2n) is 34.5. The van der Waals surface area contributed by atoms with Crippen LogP contribution < -0.4 is 10.6 Å². The normalized spacial score (nSPS) is 13.1. The number of hydrogen-bond acceptors (Lipinski definition) is 2. The van der Waals surface area contributed by atoms with Gasteiger partial charge in [-0.25, -0.2) is 0 Å². The van der Waals surface area contributed by atoms with E-state index in [2.05, 4.69) is 508 Å². The van der Waals surface area contributed by atoms with Gasteiger partial charge in [0.05, 0.1) is 16.2 Å². The highest BCUT2D eigenvalue weighted by Crippen LogP contribution is 2.65. The maximum atomic E-state index is 3.60. The first kappa shape index (κ1) is 77.5. The molecule has 0 atom stereocenters. The summed E-state index contributed by atoms with van der Waals surface area (Å²) in [6.07, 6.45) is 1.84. The Labute approximate surface area is 755 Å². The molecule has 2 N–H and O–H groups in total. The number of benzene rings is 21. The van der Waals surface area contributed by atoms with Crippen LogP contribution >= 0.6 is 0 Å². The fraction of sp³-hybridized carbons (Fsp3) is 0.0394. The summed E-state index contributed by atoms with van der Waals surface area (Å²) in [5.41, 5.74) is 43.9. The maximum Gasteiger partial charge on any atom is 0.0725 e. The average Bonchev–Trinajstić information content (AvgIpc) is 1.52. The molecule has 21 aromatic carbocycles. The molecule has 0 saturated carbocycles. The highest BCUT2D eigenvalue weighted by atomic mass is 14.9. The number of para-hydroxylation sites is 1. The summed E-state index contributed by atoms with van der Waals surface area (Å²) in [7, 11) is 0. The molecule has 129 heavy (non-hydrogen) atoms. The molecule has 0 aromatic heterocycles. The lowest BCUT2D eigenvalue weighted by Gasteiger charge is -2.34. The first-order chi connectivity index (χ1) is 64.0. The van der Waals surface area contributed by atoms with Crippen LogP contribution in [-0.2, 0) is 29.1 Å². The Morgan fingerprint density at radius 2 is 0.457 bits per heavy atom. The number of fused-ring (bicyclic) bond motifs is 25. The van der Waals surface area contributed by atoms with E-state index in [1.54, 1.807) is 0 Å². The van der Waals surface area contributed by atoms with Gasteiger partial charge in [0.2, 0.25) is 0 Å². The molecule has 2 nitrogen and oxygen atoms in total. The molecule has 0 bridgehead atoms. The first-order valence-corrected chi connectivity index (χ1v) is 45.0. The van der Waals surface area contributed by atoms with E-state index in [1.165, 1.54) is 188 Å². The molecule has 2 spiro atoms. The van der Waals surface area contributed by atoms with Crippen molar-refractivity contribution in [3.63, 3.8) is 0 Å². The molecule has 0 aliphatic heterocycles. The second kappa shape index (κ2) is 33.0. The minimum Gasteiger partial charge on any atom is -0.356 e. The van der Waals surface area contributed by atoms with E-state index in [-0.39, 0.29) is 16.2 Å². The van der Waals surface area contributed by atoms with Gasteiger partial charge in [-0.3, -0.25) is 0 Å². The van der Waals surface area contributed by atoms with E-state index in [0.717, 1.165) is 35.6 Å². The quantitative estimate of drug-likeness (QED) is 0.127. The SMILES string of the molecule is c1ccc(-c2ccc(Cc3ccc4c(c3)C3(c5ccccc5-c5ccccc53)c3ccccc3-4)cc2)cc1.c1ccc(-c2ccc(Nc3cccc4ccccc34)cc2)cc1.c1ccc(Nc2ccc3c(c2)C(c2ccccc2)(c2ccccc2)c2ccccc2-3)cc1.c1ccc2c(c1)-c1ccccc1C21c2ccccc2-c2ccc(Cc3cccc4ccccc34)cc21. The minimum absolute atomic E-state index is 0.270. The van der Waals surface area contributed by atoms with Crippen LogP contribution in [0.25, 0.3) is 99.4 Å². The summed E-state index contributed by atoms with van der Waals surface area (Å²) in [5.74, 6) is 0. The zero-order chi connectivity index (χ0) is 85.7. The zero-order valence-electron chi connectivity index (χ0n) is 71.4. The van der Waals surface area contributed by atoms with E-state index in [1.807, 2.05) is 12.1 Å². The first-order valence-electron chi connectivity index (χ1n) is 45.0. The lowest BCUT2D eigenvalue weighted by molar-refractivity contribution is 0.769. The molecule has 26 rings (SSSR count). The molecule has 5 aliphatic rings. The largest absolute Gasteiger partial charge is 0.356 e. The van der Waals surface area contributed by atoms with Gasteiger partial charge in [-0.1, -0.05) is 467 Å². The van der Waals surface area contributed by atoms with Crippen LogP contribution in [0.15, 0.2) is 510 Å². The van der Waals surface area contributed by atoms with E-state index >= 15 is 0 Å². The maximum absolute atomic E-state index is 3.60. The van der Waals surface area contributed by atoms with Crippen LogP contribution in [0.2, 0.25) is 0 Å². The molecule has 0 saturated heterocycles. The van der Waals surface area contributed by atoms with Crippen molar-refractivity contribution >= 4 is 44.3 Å². The summed E-state index contributed by atoms with van der Waals surface area (Å²) in [5, 5.41) is 12.3. The van der Waals surface area contributed by atoms with Crippen molar-refractivity contribution in [1.82, 2.24) is 0 Å². The van der Waals surface area contributed by atoms with Crippen molar-refractivity contribution in [2.75, 3.05) is 10.6 Å². The third-order valence-electron chi connectivity index (χ3n) is 27.4. The average molecular weight is 1640 g/mol. The monoisotopic (exact) mass is 1640 g/mol. The summed E-state index contributed by atoms with van der Waals surface area (Å²) < 4.78 is 0. The number of anilines is 4. The van der Waals surface area contributed by atoms with Gasteiger partial charge in [-0.15, -0.1) is 0 Å². The Morgan fingerprint density at radius 3 is 0.907 bits per heavy atom. The topological polar surface area (TPSA) is 24.1 Å². The summed E-state index contributed by atoms with van der Waals surface area (Å²) in [6, 6.07) is 185. The molecule has 0 heterocycles. The molecular weight excluding hydrogens is 1550 g/mol. The lowest BCUT2D eigenvalue weighted by atomic mass is 9.67. The molecule has 5 aliphatic carbocycles. The van der Waals surface area contributed by atoms with Gasteiger partial charge in [-0.2, -0.15) is 0 Å². The van der Waals surface area contributed by atoms with Crippen LogP contribution in [-0.4, -0.2) is 0 Å². The third kappa shape index (κ3) is 13.3. The van der Waals surface area contributed by atoms with Crippen molar-refractivity contribution in [2.24, 2.45) is 0 Å². The molecule has 2 heteroatoms. The Bertz CT molecular complexity index is 7590. The summed E-state index contributed by atoms with van der Waals surface area (Å²) in [6.45, 7) is 0. The van der Waals surface area contributed by atoms with Crippen LogP contribution in [0, 0.1) is 0 Å². The van der Waals surface area contributed by atoms with Gasteiger partial charge in [0, 0.05) is 28.1 Å². The van der Waals surface area contributed by atoms with Gasteiger partial charge < -0.3 is 10.6 Å². The van der Waals surface area contributed by atoms with Crippen molar-refractivity contribution in [3.8, 4) is 77.9 Å². The molecule has 21 aromatic rings. The van der Waals surface area contributed by atoms with Gasteiger partial charge in [0.1, 0.15) is 0 Å². The van der Waals surface area contributed by atoms with E-state index < -0.39 is 0 Å². The van der Waals surface area contributed by atoms with Gasteiger partial charge in [0.25, 0.3) is 0 Å². The fourth-order valence-electron chi connectivity index (χ4n) is 21.9. The Hall–Kier alpha value is -16.3. The van der Waals surface area contributed by atoms with E-state index in [4.69, 9.17) is 0 Å².